The number of amides is 1. The van der Waals surface area contributed by atoms with E-state index in [9.17, 15) is 14.4 Å². The number of hydrogen-bond donors (Lipinski definition) is 1. The zero-order valence-corrected chi connectivity index (χ0v) is 16.7. The molecular weight excluding hydrogens is 402 g/mol. The minimum absolute atomic E-state index is 0.0517. The second-order valence-corrected chi connectivity index (χ2v) is 7.08. The zero-order chi connectivity index (χ0) is 20.9. The number of halogens is 1. The summed E-state index contributed by atoms with van der Waals surface area (Å²) in [7, 11) is 2.84. The van der Waals surface area contributed by atoms with Gasteiger partial charge in [0.15, 0.2) is 22.7 Å². The lowest BCUT2D eigenvalue weighted by Gasteiger charge is -2.15. The Bertz CT molecular complexity index is 1260. The number of carbonyl (C=O) groups excluding carboxylic acids is 1. The van der Waals surface area contributed by atoms with Crippen LogP contribution in [0.2, 0.25) is 5.28 Å². The van der Waals surface area contributed by atoms with Crippen LogP contribution >= 0.6 is 11.6 Å². The highest BCUT2D eigenvalue weighted by Crippen LogP contribution is 2.34. The molecule has 29 heavy (non-hydrogen) atoms. The molecule has 3 aromatic rings. The first-order valence-corrected chi connectivity index (χ1v) is 9.16. The van der Waals surface area contributed by atoms with E-state index in [1.165, 1.54) is 23.2 Å². The smallest absolute Gasteiger partial charge is 0.332 e. The molecule has 4 rings (SSSR count). The highest BCUT2D eigenvalue weighted by atomic mass is 35.5. The number of benzene rings is 1. The second-order valence-electron chi connectivity index (χ2n) is 6.75. The van der Waals surface area contributed by atoms with E-state index in [1.54, 1.807) is 12.1 Å². The number of fused-ring (bicyclic) bond motifs is 2. The van der Waals surface area contributed by atoms with Crippen LogP contribution in [0.1, 0.15) is 18.5 Å². The summed E-state index contributed by atoms with van der Waals surface area (Å²) in [5.74, 6) is 0.911. The first-order chi connectivity index (χ1) is 13.8. The highest BCUT2D eigenvalue weighted by Gasteiger charge is 2.21. The monoisotopic (exact) mass is 419 g/mol. The second kappa shape index (κ2) is 6.96. The predicted molar refractivity (Wildman–Crippen MR) is 104 cm³/mol. The average Bonchev–Trinajstić information content (AvgIpc) is 3.29. The van der Waals surface area contributed by atoms with E-state index in [4.69, 9.17) is 21.1 Å². The number of nitrogens with zero attached hydrogens (tertiary/aromatic N) is 4. The topological polar surface area (TPSA) is 109 Å². The SMILES string of the molecule is C[C@H](NC(=O)Cn1c(Cl)nc2c1c(=O)n(C)c(=O)n2C)c1ccc2c(c1)OCO2. The summed E-state index contributed by atoms with van der Waals surface area (Å²) in [5, 5.41) is 2.81. The van der Waals surface area contributed by atoms with Crippen molar-refractivity contribution in [3.8, 4) is 11.5 Å². The van der Waals surface area contributed by atoms with Crippen molar-refractivity contribution in [2.75, 3.05) is 6.79 Å². The normalized spacial score (nSPS) is 13.7. The molecule has 1 atom stereocenters. The zero-order valence-electron chi connectivity index (χ0n) is 15.9. The molecule has 1 N–H and O–H groups in total. The van der Waals surface area contributed by atoms with Gasteiger partial charge in [0.2, 0.25) is 18.0 Å². The van der Waals surface area contributed by atoms with Gasteiger partial charge in [-0.25, -0.2) is 4.79 Å². The van der Waals surface area contributed by atoms with Crippen molar-refractivity contribution < 1.29 is 14.3 Å². The molecule has 2 aromatic heterocycles. The Labute approximate surface area is 169 Å². The predicted octanol–water partition coefficient (Wildman–Crippen LogP) is 0.693. The van der Waals surface area contributed by atoms with E-state index >= 15 is 0 Å². The lowest BCUT2D eigenvalue weighted by atomic mass is 10.1. The molecule has 10 nitrogen and oxygen atoms in total. The fourth-order valence-electron chi connectivity index (χ4n) is 3.26. The van der Waals surface area contributed by atoms with Gasteiger partial charge in [0.05, 0.1) is 6.04 Å². The molecule has 0 saturated heterocycles. The van der Waals surface area contributed by atoms with Crippen molar-refractivity contribution in [3.63, 3.8) is 0 Å². The van der Waals surface area contributed by atoms with Crippen molar-refractivity contribution in [2.45, 2.75) is 19.5 Å². The Morgan fingerprint density at radius 3 is 2.72 bits per heavy atom. The number of hydrogen-bond acceptors (Lipinski definition) is 6. The van der Waals surface area contributed by atoms with Gasteiger partial charge in [0, 0.05) is 14.1 Å². The molecule has 0 bridgehead atoms. The minimum Gasteiger partial charge on any atom is -0.454 e. The maximum atomic E-state index is 12.6. The molecule has 152 valence electrons. The number of nitrogens with one attached hydrogen (secondary N) is 1. The van der Waals surface area contributed by atoms with Crippen LogP contribution in [-0.4, -0.2) is 31.4 Å². The minimum atomic E-state index is -0.570. The van der Waals surface area contributed by atoms with Crippen LogP contribution in [0, 0.1) is 0 Å². The third kappa shape index (κ3) is 3.15. The van der Waals surface area contributed by atoms with Crippen molar-refractivity contribution in [2.24, 2.45) is 14.1 Å². The summed E-state index contributed by atoms with van der Waals surface area (Å²) in [6.45, 7) is 1.77. The fourth-order valence-corrected chi connectivity index (χ4v) is 3.49. The van der Waals surface area contributed by atoms with Crippen molar-refractivity contribution in [1.82, 2.24) is 24.0 Å². The first-order valence-electron chi connectivity index (χ1n) is 8.78. The molecule has 1 aliphatic rings. The summed E-state index contributed by atoms with van der Waals surface area (Å²) in [5.41, 5.74) is -0.0449. The van der Waals surface area contributed by atoms with Gasteiger partial charge in [-0.3, -0.25) is 23.3 Å². The van der Waals surface area contributed by atoms with Gasteiger partial charge in [0.1, 0.15) is 6.54 Å². The molecule has 0 spiro atoms. The van der Waals surface area contributed by atoms with Gasteiger partial charge in [-0.15, -0.1) is 0 Å². The van der Waals surface area contributed by atoms with Crippen LogP contribution in [-0.2, 0) is 25.4 Å². The Hall–Kier alpha value is -3.27. The highest BCUT2D eigenvalue weighted by molar-refractivity contribution is 6.29. The molecule has 1 amide bonds. The lowest BCUT2D eigenvalue weighted by Crippen LogP contribution is -2.38. The number of carbonyl (C=O) groups is 1. The van der Waals surface area contributed by atoms with Gasteiger partial charge in [-0.1, -0.05) is 6.07 Å². The maximum Gasteiger partial charge on any atom is 0.332 e. The summed E-state index contributed by atoms with van der Waals surface area (Å²) in [4.78, 5) is 41.3. The van der Waals surface area contributed by atoms with Gasteiger partial charge < -0.3 is 14.8 Å². The first kappa shape index (κ1) is 19.1. The summed E-state index contributed by atoms with van der Waals surface area (Å²) < 4.78 is 14.1. The van der Waals surface area contributed by atoms with E-state index in [-0.39, 0.29) is 41.7 Å². The number of aryl methyl sites for hydroxylation is 1. The Balaban J connectivity index is 1.60. The standard InChI is InChI=1S/C18H18ClN5O5/c1-9(10-4-5-11-12(6-10)29-8-28-11)20-13(25)7-24-14-15(21-17(24)19)22(2)18(27)23(3)16(14)26/h4-6,9H,7-8H2,1-3H3,(H,20,25)/t9-/m0/s1. The molecule has 1 aromatic carbocycles. The summed E-state index contributed by atoms with van der Waals surface area (Å²) >= 11 is 6.16. The van der Waals surface area contributed by atoms with Crippen LogP contribution < -0.4 is 26.0 Å². The van der Waals surface area contributed by atoms with Crippen LogP contribution in [0.15, 0.2) is 27.8 Å². The Morgan fingerprint density at radius 2 is 1.97 bits per heavy atom. The lowest BCUT2D eigenvalue weighted by molar-refractivity contribution is -0.122. The molecule has 3 heterocycles. The largest absolute Gasteiger partial charge is 0.454 e. The van der Waals surface area contributed by atoms with E-state index in [2.05, 4.69) is 10.3 Å². The molecule has 1 aliphatic heterocycles. The van der Waals surface area contributed by atoms with Crippen molar-refractivity contribution in [3.05, 3.63) is 49.9 Å². The third-order valence-electron chi connectivity index (χ3n) is 4.88. The van der Waals surface area contributed by atoms with Gasteiger partial charge in [-0.05, 0) is 36.2 Å². The van der Waals surface area contributed by atoms with Crippen molar-refractivity contribution >= 4 is 28.7 Å². The number of imidazole rings is 1. The van der Waals surface area contributed by atoms with Crippen LogP contribution in [0.25, 0.3) is 11.2 Å². The molecule has 0 aliphatic carbocycles. The summed E-state index contributed by atoms with van der Waals surface area (Å²) in [6.07, 6.45) is 0. The molecule has 0 unspecified atom stereocenters. The van der Waals surface area contributed by atoms with Crippen LogP contribution in [0.4, 0.5) is 0 Å². The number of aromatic nitrogens is 4. The Kier molecular flexibility index (Phi) is 4.58. The van der Waals surface area contributed by atoms with Gasteiger partial charge in [0.25, 0.3) is 5.56 Å². The van der Waals surface area contributed by atoms with Crippen LogP contribution in [0.5, 0.6) is 11.5 Å². The van der Waals surface area contributed by atoms with Crippen molar-refractivity contribution in [1.29, 1.82) is 0 Å². The van der Waals surface area contributed by atoms with E-state index in [1.807, 2.05) is 13.0 Å². The maximum absolute atomic E-state index is 12.6. The third-order valence-corrected chi connectivity index (χ3v) is 5.17. The Morgan fingerprint density at radius 1 is 1.24 bits per heavy atom. The molecule has 0 saturated carbocycles. The van der Waals surface area contributed by atoms with E-state index in [0.29, 0.717) is 11.5 Å². The molecule has 0 radical (unpaired) electrons. The molecule has 0 fully saturated rings. The molecular formula is C18H18ClN5O5. The van der Waals surface area contributed by atoms with Gasteiger partial charge in [-0.2, -0.15) is 4.98 Å². The average molecular weight is 420 g/mol. The van der Waals surface area contributed by atoms with Crippen LogP contribution in [0.3, 0.4) is 0 Å². The van der Waals surface area contributed by atoms with Gasteiger partial charge >= 0.3 is 5.69 Å². The summed E-state index contributed by atoms with van der Waals surface area (Å²) in [6, 6.07) is 5.10. The van der Waals surface area contributed by atoms with E-state index < -0.39 is 11.2 Å². The quantitative estimate of drug-likeness (QED) is 0.623. The van der Waals surface area contributed by atoms with E-state index in [0.717, 1.165) is 10.1 Å². The molecule has 11 heteroatoms. The fraction of sp³-hybridized carbons (Fsp3) is 0.333. The number of ether oxygens (including phenoxy) is 2. The number of rotatable bonds is 4.